The third-order valence-corrected chi connectivity index (χ3v) is 6.32. The van der Waals surface area contributed by atoms with Gasteiger partial charge in [-0.05, 0) is 38.5 Å². The maximum atomic E-state index is 13.3. The molecule has 34 heavy (non-hydrogen) atoms. The van der Waals surface area contributed by atoms with Crippen molar-refractivity contribution in [2.45, 2.75) is 20.3 Å². The molecule has 3 heterocycles. The summed E-state index contributed by atoms with van der Waals surface area (Å²) in [6.07, 6.45) is 0.801. The molecule has 0 saturated carbocycles. The lowest BCUT2D eigenvalue weighted by atomic mass is 10.2. The average Bonchev–Trinajstić information content (AvgIpc) is 3.15. The molecule has 0 radical (unpaired) electrons. The summed E-state index contributed by atoms with van der Waals surface area (Å²) in [7, 11) is 1.65. The number of rotatable bonds is 8. The Morgan fingerprint density at radius 3 is 2.50 bits per heavy atom. The lowest BCUT2D eigenvalue weighted by molar-refractivity contribution is -0.122. The highest BCUT2D eigenvalue weighted by Gasteiger charge is 2.26. The van der Waals surface area contributed by atoms with E-state index in [9.17, 15) is 9.59 Å². The van der Waals surface area contributed by atoms with Crippen molar-refractivity contribution in [3.8, 4) is 17.2 Å². The maximum absolute atomic E-state index is 13.3. The van der Waals surface area contributed by atoms with Crippen molar-refractivity contribution in [2.75, 3.05) is 66.2 Å². The van der Waals surface area contributed by atoms with E-state index in [1.54, 1.807) is 7.11 Å². The Balaban J connectivity index is 1.37. The van der Waals surface area contributed by atoms with Gasteiger partial charge in [-0.15, -0.1) is 0 Å². The normalized spacial score (nSPS) is 15.9. The fraction of sp³-hybridized carbons (Fsp3) is 0.520. The molecule has 2 aliphatic heterocycles. The van der Waals surface area contributed by atoms with Crippen LogP contribution in [0.1, 0.15) is 28.2 Å². The molecule has 184 valence electrons. The van der Waals surface area contributed by atoms with Gasteiger partial charge in [0.1, 0.15) is 13.2 Å². The number of amides is 2. The predicted octanol–water partition coefficient (Wildman–Crippen LogP) is 1.78. The smallest absolute Gasteiger partial charge is 0.255 e. The Morgan fingerprint density at radius 1 is 1.03 bits per heavy atom. The largest absolute Gasteiger partial charge is 0.486 e. The molecule has 1 N–H and O–H groups in total. The summed E-state index contributed by atoms with van der Waals surface area (Å²) < 4.78 is 18.4. The van der Waals surface area contributed by atoms with Crippen molar-refractivity contribution in [1.82, 2.24) is 19.7 Å². The van der Waals surface area contributed by atoms with Gasteiger partial charge in [0, 0.05) is 69.6 Å². The van der Waals surface area contributed by atoms with E-state index in [1.165, 1.54) is 0 Å². The van der Waals surface area contributed by atoms with Crippen LogP contribution < -0.4 is 14.8 Å². The van der Waals surface area contributed by atoms with Crippen LogP contribution in [0.5, 0.6) is 11.5 Å². The Kier molecular flexibility index (Phi) is 7.74. The minimum Gasteiger partial charge on any atom is -0.486 e. The van der Waals surface area contributed by atoms with E-state index in [-0.39, 0.29) is 11.8 Å². The van der Waals surface area contributed by atoms with Gasteiger partial charge in [0.2, 0.25) is 5.91 Å². The zero-order valence-corrected chi connectivity index (χ0v) is 20.3. The fourth-order valence-corrected chi connectivity index (χ4v) is 4.53. The third kappa shape index (κ3) is 5.37. The lowest BCUT2D eigenvalue weighted by Gasteiger charge is -2.34. The fourth-order valence-electron chi connectivity index (χ4n) is 4.53. The summed E-state index contributed by atoms with van der Waals surface area (Å²) in [6, 6.07) is 7.81. The molecule has 9 heteroatoms. The number of fused-ring (bicyclic) bond motifs is 1. The lowest BCUT2D eigenvalue weighted by Crippen LogP contribution is -2.51. The van der Waals surface area contributed by atoms with Gasteiger partial charge in [0.15, 0.2) is 11.5 Å². The number of nitrogens with zero attached hydrogens (tertiary/aromatic N) is 3. The zero-order valence-electron chi connectivity index (χ0n) is 20.3. The topological polar surface area (TPSA) is 85.3 Å². The Labute approximate surface area is 200 Å². The molecule has 1 aromatic carbocycles. The number of carbonyl (C=O) groups excluding carboxylic acids is 2. The van der Waals surface area contributed by atoms with Crippen LogP contribution >= 0.6 is 0 Å². The van der Waals surface area contributed by atoms with Crippen LogP contribution in [-0.2, 0) is 9.53 Å². The number of aryl methyl sites for hydroxylation is 1. The molecule has 2 aliphatic rings. The molecule has 0 unspecified atom stereocenters. The number of piperazine rings is 1. The van der Waals surface area contributed by atoms with Gasteiger partial charge in [-0.25, -0.2) is 0 Å². The van der Waals surface area contributed by atoms with E-state index in [2.05, 4.69) is 14.8 Å². The van der Waals surface area contributed by atoms with E-state index < -0.39 is 0 Å². The first-order valence-electron chi connectivity index (χ1n) is 11.8. The monoisotopic (exact) mass is 470 g/mol. The maximum Gasteiger partial charge on any atom is 0.255 e. The first-order chi connectivity index (χ1) is 16.5. The van der Waals surface area contributed by atoms with Crippen molar-refractivity contribution in [1.29, 1.82) is 0 Å². The highest BCUT2D eigenvalue weighted by Crippen LogP contribution is 2.33. The number of ether oxygens (including phenoxy) is 3. The van der Waals surface area contributed by atoms with E-state index in [1.807, 2.05) is 43.0 Å². The van der Waals surface area contributed by atoms with Crippen LogP contribution in [0.15, 0.2) is 24.3 Å². The number of hydrogen-bond acceptors (Lipinski definition) is 6. The van der Waals surface area contributed by atoms with E-state index in [0.29, 0.717) is 64.7 Å². The number of nitrogens with one attached hydrogen (secondary N) is 1. The summed E-state index contributed by atoms with van der Waals surface area (Å²) in [5.41, 5.74) is 3.54. The van der Waals surface area contributed by atoms with Gasteiger partial charge in [-0.2, -0.15) is 0 Å². The third-order valence-electron chi connectivity index (χ3n) is 6.32. The molecule has 0 aliphatic carbocycles. The quantitative estimate of drug-likeness (QED) is 0.592. The first-order valence-corrected chi connectivity index (χ1v) is 11.8. The zero-order chi connectivity index (χ0) is 24.1. The van der Waals surface area contributed by atoms with Crippen LogP contribution in [0.25, 0.3) is 5.69 Å². The summed E-state index contributed by atoms with van der Waals surface area (Å²) in [5, 5.41) is 2.91. The molecule has 0 atom stereocenters. The van der Waals surface area contributed by atoms with Crippen LogP contribution in [0, 0.1) is 13.8 Å². The second kappa shape index (κ2) is 10.9. The average molecular weight is 471 g/mol. The van der Waals surface area contributed by atoms with E-state index >= 15 is 0 Å². The van der Waals surface area contributed by atoms with Crippen LogP contribution in [0.4, 0.5) is 0 Å². The predicted molar refractivity (Wildman–Crippen MR) is 128 cm³/mol. The SMILES string of the molecule is COCCCNC(=O)CN1CCN(C(=O)c2cc(C)n(-c3ccc4c(c3)OCCO4)c2C)CC1. The minimum atomic E-state index is 0.0128. The standard InChI is InChI=1S/C25H34N4O5/c1-18-15-21(19(2)29(18)20-5-6-22-23(16-20)34-14-13-33-22)25(31)28-10-8-27(9-11-28)17-24(30)26-7-4-12-32-3/h5-6,15-16H,4,7-14,17H2,1-3H3,(H,26,30). The number of aromatic nitrogens is 1. The van der Waals surface area contributed by atoms with Crippen molar-refractivity contribution < 1.29 is 23.8 Å². The molecule has 9 nitrogen and oxygen atoms in total. The summed E-state index contributed by atoms with van der Waals surface area (Å²) in [6.45, 7) is 9.23. The number of hydrogen-bond donors (Lipinski definition) is 1. The minimum absolute atomic E-state index is 0.0128. The molecule has 2 amide bonds. The highest BCUT2D eigenvalue weighted by molar-refractivity contribution is 5.96. The van der Waals surface area contributed by atoms with Gasteiger partial charge in [-0.3, -0.25) is 14.5 Å². The Bertz CT molecular complexity index is 1030. The molecule has 0 bridgehead atoms. The molecule has 2 aromatic rings. The Morgan fingerprint density at radius 2 is 1.76 bits per heavy atom. The van der Waals surface area contributed by atoms with E-state index in [0.717, 1.165) is 35.0 Å². The van der Waals surface area contributed by atoms with Crippen molar-refractivity contribution in [3.05, 3.63) is 41.2 Å². The molecule has 1 aromatic heterocycles. The van der Waals surface area contributed by atoms with Crippen molar-refractivity contribution >= 4 is 11.8 Å². The second-order valence-corrected chi connectivity index (χ2v) is 8.71. The number of methoxy groups -OCH3 is 1. The van der Waals surface area contributed by atoms with Crippen LogP contribution in [0.3, 0.4) is 0 Å². The number of benzene rings is 1. The number of carbonyl (C=O) groups is 2. The molecular weight excluding hydrogens is 436 g/mol. The first kappa shape index (κ1) is 24.1. The van der Waals surface area contributed by atoms with Gasteiger partial charge in [0.05, 0.1) is 12.1 Å². The van der Waals surface area contributed by atoms with Gasteiger partial charge >= 0.3 is 0 Å². The van der Waals surface area contributed by atoms with Gasteiger partial charge < -0.3 is 29.0 Å². The second-order valence-electron chi connectivity index (χ2n) is 8.71. The van der Waals surface area contributed by atoms with Crippen LogP contribution in [0.2, 0.25) is 0 Å². The molecule has 1 fully saturated rings. The molecular formula is C25H34N4O5. The van der Waals surface area contributed by atoms with Crippen molar-refractivity contribution in [3.63, 3.8) is 0 Å². The van der Waals surface area contributed by atoms with Gasteiger partial charge in [-0.1, -0.05) is 0 Å². The van der Waals surface area contributed by atoms with Crippen LogP contribution in [-0.4, -0.2) is 92.4 Å². The Hall–Kier alpha value is -3.04. The van der Waals surface area contributed by atoms with E-state index in [4.69, 9.17) is 14.2 Å². The summed E-state index contributed by atoms with van der Waals surface area (Å²) in [5.74, 6) is 1.51. The molecule has 4 rings (SSSR count). The van der Waals surface area contributed by atoms with Gasteiger partial charge in [0.25, 0.3) is 5.91 Å². The molecule has 0 spiro atoms. The highest BCUT2D eigenvalue weighted by atomic mass is 16.6. The van der Waals surface area contributed by atoms with Crippen molar-refractivity contribution in [2.24, 2.45) is 0 Å². The summed E-state index contributed by atoms with van der Waals surface area (Å²) in [4.78, 5) is 29.4. The molecule has 1 saturated heterocycles. The summed E-state index contributed by atoms with van der Waals surface area (Å²) >= 11 is 0.